The van der Waals surface area contributed by atoms with Gasteiger partial charge < -0.3 is 5.32 Å². The second kappa shape index (κ2) is 12.5. The Morgan fingerprint density at radius 1 is 0.697 bits per heavy atom. The molecule has 1 N–H and O–H groups in total. The van der Waals surface area contributed by atoms with Gasteiger partial charge in [-0.15, -0.1) is 22.7 Å². The first-order chi connectivity index (χ1) is 16.3. The molecule has 4 aromatic rings. The Labute approximate surface area is 206 Å². The average molecular weight is 480 g/mol. The summed E-state index contributed by atoms with van der Waals surface area (Å²) in [5, 5.41) is 5.73. The van der Waals surface area contributed by atoms with Crippen LogP contribution in [0.2, 0.25) is 0 Å². The Kier molecular flexibility index (Phi) is 9.19. The highest BCUT2D eigenvalue weighted by Crippen LogP contribution is 2.44. The van der Waals surface area contributed by atoms with Crippen molar-refractivity contribution in [2.75, 3.05) is 6.54 Å². The number of unbranched alkanes of at least 4 members (excludes halogenated alkanes) is 11. The zero-order valence-electron chi connectivity index (χ0n) is 20.0. The van der Waals surface area contributed by atoms with Crippen molar-refractivity contribution >= 4 is 58.2 Å². The average Bonchev–Trinajstić information content (AvgIpc) is 3.37. The summed E-state index contributed by atoms with van der Waals surface area (Å²) in [5.74, 6) is 0.0570. The largest absolute Gasteiger partial charge is 0.352 e. The molecule has 1 amide bonds. The van der Waals surface area contributed by atoms with Crippen molar-refractivity contribution in [3.05, 3.63) is 48.0 Å². The molecule has 2 heterocycles. The van der Waals surface area contributed by atoms with Crippen LogP contribution in [0, 0.1) is 0 Å². The second-order valence-electron chi connectivity index (χ2n) is 9.21. The van der Waals surface area contributed by atoms with Gasteiger partial charge >= 0.3 is 0 Å². The number of hydrogen-bond acceptors (Lipinski definition) is 3. The quantitative estimate of drug-likeness (QED) is 0.179. The van der Waals surface area contributed by atoms with E-state index >= 15 is 0 Å². The third-order valence-corrected chi connectivity index (χ3v) is 9.09. The molecule has 0 aliphatic heterocycles. The summed E-state index contributed by atoms with van der Waals surface area (Å²) in [6.07, 6.45) is 16.1. The van der Waals surface area contributed by atoms with Gasteiger partial charge in [-0.25, -0.2) is 0 Å². The molecule has 33 heavy (non-hydrogen) atoms. The molecule has 0 bridgehead atoms. The Morgan fingerprint density at radius 3 is 1.97 bits per heavy atom. The maximum atomic E-state index is 12.7. The van der Waals surface area contributed by atoms with Crippen LogP contribution < -0.4 is 5.32 Å². The van der Waals surface area contributed by atoms with Gasteiger partial charge in [0, 0.05) is 32.3 Å². The highest BCUT2D eigenvalue weighted by atomic mass is 32.1. The van der Waals surface area contributed by atoms with Gasteiger partial charge in [-0.2, -0.15) is 0 Å². The lowest BCUT2D eigenvalue weighted by Gasteiger charge is -2.06. The lowest BCUT2D eigenvalue weighted by molar-refractivity contribution is 0.0953. The summed E-state index contributed by atoms with van der Waals surface area (Å²) in [6, 6.07) is 14.8. The van der Waals surface area contributed by atoms with E-state index in [0.29, 0.717) is 0 Å². The molecular weight excluding hydrogens is 442 g/mol. The number of hydrogen-bond donors (Lipinski definition) is 1. The highest BCUT2D eigenvalue weighted by molar-refractivity contribution is 7.36. The molecule has 0 fully saturated rings. The first kappa shape index (κ1) is 24.2. The van der Waals surface area contributed by atoms with Crippen molar-refractivity contribution in [3.8, 4) is 0 Å². The molecule has 2 aromatic carbocycles. The normalized spacial score (nSPS) is 11.7. The summed E-state index contributed by atoms with van der Waals surface area (Å²) < 4.78 is 5.24. The maximum Gasteiger partial charge on any atom is 0.251 e. The Morgan fingerprint density at radius 2 is 1.27 bits per heavy atom. The Bertz CT molecular complexity index is 1170. The third-order valence-electron chi connectivity index (χ3n) is 6.57. The van der Waals surface area contributed by atoms with Crippen molar-refractivity contribution in [1.29, 1.82) is 0 Å². The second-order valence-corrected chi connectivity index (χ2v) is 11.3. The zero-order valence-corrected chi connectivity index (χ0v) is 21.6. The van der Waals surface area contributed by atoms with E-state index in [1.165, 1.54) is 100 Å². The van der Waals surface area contributed by atoms with Crippen molar-refractivity contribution in [3.63, 3.8) is 0 Å². The van der Waals surface area contributed by atoms with Crippen molar-refractivity contribution < 1.29 is 4.79 Å². The van der Waals surface area contributed by atoms with Crippen LogP contribution in [0.3, 0.4) is 0 Å². The number of carbonyl (C=O) groups excluding carboxylic acids is 1. The van der Waals surface area contributed by atoms with Crippen LogP contribution in [0.15, 0.2) is 42.5 Å². The molecule has 4 heteroatoms. The van der Waals surface area contributed by atoms with Gasteiger partial charge in [0.2, 0.25) is 0 Å². The van der Waals surface area contributed by atoms with Crippen LogP contribution in [0.1, 0.15) is 94.3 Å². The molecule has 0 saturated heterocycles. The molecular formula is C29H37NOS2. The standard InChI is InChI=1S/C29H37NOS2/c1-2-3-4-5-6-7-8-9-10-11-12-15-20-30-29(31)22-18-19-24-26(21-22)33-27-23-16-13-14-17-25(23)32-28(24)27/h13-14,16-19,21H,2-12,15,20H2,1H3,(H,30,31). The minimum atomic E-state index is 0.0570. The zero-order chi connectivity index (χ0) is 22.9. The van der Waals surface area contributed by atoms with E-state index in [2.05, 4.69) is 48.6 Å². The van der Waals surface area contributed by atoms with Gasteiger partial charge in [-0.1, -0.05) is 102 Å². The Hall–Kier alpha value is -1.91. The summed E-state index contributed by atoms with van der Waals surface area (Å²) in [5.41, 5.74) is 0.777. The summed E-state index contributed by atoms with van der Waals surface area (Å²) >= 11 is 3.66. The first-order valence-corrected chi connectivity index (χ1v) is 14.5. The highest BCUT2D eigenvalue weighted by Gasteiger charge is 2.13. The van der Waals surface area contributed by atoms with Crippen LogP contribution in [0.25, 0.3) is 29.6 Å². The summed E-state index contributed by atoms with van der Waals surface area (Å²) in [7, 11) is 0. The lowest BCUT2D eigenvalue weighted by atomic mass is 10.1. The van der Waals surface area contributed by atoms with E-state index in [4.69, 9.17) is 0 Å². The van der Waals surface area contributed by atoms with E-state index in [1.54, 1.807) is 0 Å². The van der Waals surface area contributed by atoms with E-state index in [-0.39, 0.29) is 5.91 Å². The maximum absolute atomic E-state index is 12.7. The summed E-state index contributed by atoms with van der Waals surface area (Å²) in [6.45, 7) is 3.05. The van der Waals surface area contributed by atoms with E-state index in [1.807, 2.05) is 28.7 Å². The van der Waals surface area contributed by atoms with Gasteiger partial charge in [0.1, 0.15) is 0 Å². The number of amides is 1. The van der Waals surface area contributed by atoms with Crippen LogP contribution in [0.4, 0.5) is 0 Å². The molecule has 0 unspecified atom stereocenters. The van der Waals surface area contributed by atoms with Gasteiger partial charge in [0.15, 0.2) is 0 Å². The number of thiophene rings is 2. The molecule has 0 aliphatic rings. The lowest BCUT2D eigenvalue weighted by Crippen LogP contribution is -2.24. The van der Waals surface area contributed by atoms with Gasteiger partial charge in [0.05, 0.1) is 9.40 Å². The fourth-order valence-corrected chi connectivity index (χ4v) is 7.31. The smallest absolute Gasteiger partial charge is 0.251 e. The summed E-state index contributed by atoms with van der Waals surface area (Å²) in [4.78, 5) is 12.7. The number of rotatable bonds is 14. The Balaban J connectivity index is 1.16. The number of benzene rings is 2. The molecule has 0 spiro atoms. The van der Waals surface area contributed by atoms with Gasteiger partial charge in [-0.05, 0) is 24.6 Å². The van der Waals surface area contributed by atoms with Crippen LogP contribution in [-0.2, 0) is 0 Å². The third kappa shape index (κ3) is 6.36. The van der Waals surface area contributed by atoms with Crippen LogP contribution in [-0.4, -0.2) is 12.5 Å². The minimum absolute atomic E-state index is 0.0570. The van der Waals surface area contributed by atoms with Crippen molar-refractivity contribution in [2.45, 2.75) is 84.0 Å². The van der Waals surface area contributed by atoms with Crippen molar-refractivity contribution in [2.24, 2.45) is 0 Å². The van der Waals surface area contributed by atoms with Crippen molar-refractivity contribution in [1.82, 2.24) is 5.32 Å². The predicted molar refractivity (Wildman–Crippen MR) is 148 cm³/mol. The van der Waals surface area contributed by atoms with Crippen LogP contribution in [0.5, 0.6) is 0 Å². The van der Waals surface area contributed by atoms with Gasteiger partial charge in [-0.3, -0.25) is 4.79 Å². The molecule has 0 atom stereocenters. The molecule has 4 rings (SSSR count). The molecule has 176 valence electrons. The predicted octanol–water partition coefficient (Wildman–Crippen LogP) is 9.70. The fraction of sp³-hybridized carbons (Fsp3) is 0.483. The van der Waals surface area contributed by atoms with Crippen LogP contribution >= 0.6 is 22.7 Å². The topological polar surface area (TPSA) is 29.1 Å². The fourth-order valence-electron chi connectivity index (χ4n) is 4.62. The molecule has 2 aromatic heterocycles. The number of fused-ring (bicyclic) bond motifs is 5. The molecule has 2 nitrogen and oxygen atoms in total. The van der Waals surface area contributed by atoms with E-state index in [0.717, 1.165) is 18.5 Å². The van der Waals surface area contributed by atoms with E-state index < -0.39 is 0 Å². The number of carbonyl (C=O) groups is 1. The SMILES string of the molecule is CCCCCCCCCCCCCCNC(=O)c1ccc2c(c1)sc1c3ccccc3sc21. The first-order valence-electron chi connectivity index (χ1n) is 12.9. The minimum Gasteiger partial charge on any atom is -0.352 e. The molecule has 0 aliphatic carbocycles. The molecule has 0 saturated carbocycles. The molecule has 0 radical (unpaired) electrons. The van der Waals surface area contributed by atoms with E-state index in [9.17, 15) is 4.79 Å². The van der Waals surface area contributed by atoms with Gasteiger partial charge in [0.25, 0.3) is 5.91 Å². The monoisotopic (exact) mass is 479 g/mol. The number of nitrogens with one attached hydrogen (secondary N) is 1.